The molecule has 2 atom stereocenters. The molecule has 2 aliphatic heterocycles. The van der Waals surface area contributed by atoms with E-state index in [4.69, 9.17) is 4.74 Å². The molecule has 3 amide bonds. The minimum Gasteiger partial charge on any atom is -0.370 e. The van der Waals surface area contributed by atoms with Gasteiger partial charge in [0, 0.05) is 25.2 Å². The van der Waals surface area contributed by atoms with E-state index in [1.807, 2.05) is 60.7 Å². The summed E-state index contributed by atoms with van der Waals surface area (Å²) in [6.45, 7) is 2.07. The molecule has 2 aromatic rings. The smallest absolute Gasteiger partial charge is 0.317 e. The molecule has 0 bridgehead atoms. The van der Waals surface area contributed by atoms with Gasteiger partial charge in [0.25, 0.3) is 0 Å². The topological polar surface area (TPSA) is 61.9 Å². The maximum atomic E-state index is 12.7. The molecular weight excluding hydrogens is 342 g/mol. The van der Waals surface area contributed by atoms with Crippen molar-refractivity contribution in [3.05, 3.63) is 66.2 Å². The molecule has 2 fully saturated rings. The van der Waals surface area contributed by atoms with Gasteiger partial charge in [0.2, 0.25) is 5.91 Å². The molecule has 0 aliphatic carbocycles. The zero-order chi connectivity index (χ0) is 18.6. The third-order valence-corrected chi connectivity index (χ3v) is 5.05. The average Bonchev–Trinajstić information content (AvgIpc) is 3.09. The second-order valence-electron chi connectivity index (χ2n) is 6.91. The van der Waals surface area contributed by atoms with E-state index in [0.29, 0.717) is 32.7 Å². The molecule has 140 valence electrons. The molecule has 0 aromatic heterocycles. The van der Waals surface area contributed by atoms with Gasteiger partial charge in [-0.05, 0) is 17.7 Å². The molecule has 6 heteroatoms. The molecule has 0 saturated carbocycles. The summed E-state index contributed by atoms with van der Waals surface area (Å²) in [7, 11) is 0. The maximum Gasteiger partial charge on any atom is 0.317 e. The third kappa shape index (κ3) is 3.95. The van der Waals surface area contributed by atoms with E-state index in [1.54, 1.807) is 9.80 Å². The number of para-hydroxylation sites is 1. The fraction of sp³-hybridized carbons (Fsp3) is 0.333. The Morgan fingerprint density at radius 2 is 1.70 bits per heavy atom. The van der Waals surface area contributed by atoms with Gasteiger partial charge in [-0.2, -0.15) is 0 Å². The summed E-state index contributed by atoms with van der Waals surface area (Å²) in [6.07, 6.45) is 0.212. The molecule has 0 radical (unpaired) electrons. The summed E-state index contributed by atoms with van der Waals surface area (Å²) in [6, 6.07) is 19.2. The number of nitrogens with zero attached hydrogens (tertiary/aromatic N) is 2. The van der Waals surface area contributed by atoms with E-state index in [2.05, 4.69) is 5.32 Å². The van der Waals surface area contributed by atoms with Gasteiger partial charge in [-0.15, -0.1) is 0 Å². The van der Waals surface area contributed by atoms with Crippen LogP contribution in [0.3, 0.4) is 0 Å². The number of urea groups is 1. The lowest BCUT2D eigenvalue weighted by molar-refractivity contribution is -0.117. The minimum atomic E-state index is -0.178. The number of rotatable bonds is 3. The number of carbonyl (C=O) groups is 2. The molecule has 2 unspecified atom stereocenters. The molecule has 2 heterocycles. The van der Waals surface area contributed by atoms with Crippen molar-refractivity contribution in [2.45, 2.75) is 18.6 Å². The summed E-state index contributed by atoms with van der Waals surface area (Å²) in [5.74, 6) is 0.0376. The van der Waals surface area contributed by atoms with Crippen molar-refractivity contribution in [3.63, 3.8) is 0 Å². The highest BCUT2D eigenvalue weighted by atomic mass is 16.5. The fourth-order valence-corrected chi connectivity index (χ4v) is 3.63. The van der Waals surface area contributed by atoms with Crippen LogP contribution in [-0.4, -0.2) is 49.1 Å². The number of carbonyl (C=O) groups excluding carboxylic acids is 2. The van der Waals surface area contributed by atoms with E-state index >= 15 is 0 Å². The molecule has 2 aliphatic rings. The van der Waals surface area contributed by atoms with E-state index in [0.717, 1.165) is 11.3 Å². The first kappa shape index (κ1) is 17.5. The van der Waals surface area contributed by atoms with Crippen LogP contribution in [0.1, 0.15) is 18.1 Å². The third-order valence-electron chi connectivity index (χ3n) is 5.05. The number of hydrogen-bond donors (Lipinski definition) is 1. The quantitative estimate of drug-likeness (QED) is 0.909. The maximum absolute atomic E-state index is 12.7. The van der Waals surface area contributed by atoms with Crippen molar-refractivity contribution in [1.82, 2.24) is 10.2 Å². The van der Waals surface area contributed by atoms with Crippen LogP contribution in [0.5, 0.6) is 0 Å². The van der Waals surface area contributed by atoms with Gasteiger partial charge in [-0.3, -0.25) is 4.79 Å². The monoisotopic (exact) mass is 365 g/mol. The van der Waals surface area contributed by atoms with E-state index in [-0.39, 0.29) is 24.1 Å². The van der Waals surface area contributed by atoms with Crippen molar-refractivity contribution < 1.29 is 14.3 Å². The van der Waals surface area contributed by atoms with Crippen LogP contribution in [0.2, 0.25) is 0 Å². The fourth-order valence-electron chi connectivity index (χ4n) is 3.63. The number of nitrogens with one attached hydrogen (secondary N) is 1. The van der Waals surface area contributed by atoms with Crippen molar-refractivity contribution >= 4 is 17.6 Å². The van der Waals surface area contributed by atoms with Crippen molar-refractivity contribution in [2.24, 2.45) is 0 Å². The van der Waals surface area contributed by atoms with E-state index in [9.17, 15) is 9.59 Å². The number of anilines is 1. The van der Waals surface area contributed by atoms with Crippen molar-refractivity contribution in [2.75, 3.05) is 31.1 Å². The Kier molecular flexibility index (Phi) is 5.07. The lowest BCUT2D eigenvalue weighted by Crippen LogP contribution is -2.50. The minimum absolute atomic E-state index is 0.0376. The predicted molar refractivity (Wildman–Crippen MR) is 102 cm³/mol. The number of morpholine rings is 1. The van der Waals surface area contributed by atoms with Crippen LogP contribution < -0.4 is 10.2 Å². The van der Waals surface area contributed by atoms with Gasteiger partial charge in [-0.25, -0.2) is 4.79 Å². The Morgan fingerprint density at radius 3 is 2.44 bits per heavy atom. The summed E-state index contributed by atoms with van der Waals surface area (Å²) in [4.78, 5) is 28.5. The predicted octanol–water partition coefficient (Wildman–Crippen LogP) is 2.58. The zero-order valence-corrected chi connectivity index (χ0v) is 15.1. The van der Waals surface area contributed by atoms with E-state index < -0.39 is 0 Å². The Hall–Kier alpha value is -2.86. The van der Waals surface area contributed by atoms with Gasteiger partial charge < -0.3 is 19.9 Å². The number of hydrogen-bond acceptors (Lipinski definition) is 3. The molecule has 27 heavy (non-hydrogen) atoms. The van der Waals surface area contributed by atoms with Crippen molar-refractivity contribution in [1.29, 1.82) is 0 Å². The Morgan fingerprint density at radius 1 is 1.00 bits per heavy atom. The van der Waals surface area contributed by atoms with Gasteiger partial charge in [0.05, 0.1) is 19.2 Å². The van der Waals surface area contributed by atoms with Crippen LogP contribution in [0, 0.1) is 0 Å². The number of benzene rings is 2. The molecular formula is C21H23N3O3. The summed E-state index contributed by atoms with van der Waals surface area (Å²) in [5.41, 5.74) is 1.94. The Bertz CT molecular complexity index is 797. The first-order valence-corrected chi connectivity index (χ1v) is 9.28. The molecule has 6 nitrogen and oxygen atoms in total. The molecule has 0 spiro atoms. The SMILES string of the molecule is O=C(NC1CC(=O)N(c2ccccc2)C1)N1CCOC(c2ccccc2)C1. The average molecular weight is 365 g/mol. The first-order chi connectivity index (χ1) is 13.2. The first-order valence-electron chi connectivity index (χ1n) is 9.28. The number of ether oxygens (including phenoxy) is 1. The Balaban J connectivity index is 1.36. The van der Waals surface area contributed by atoms with Crippen LogP contribution in [0.15, 0.2) is 60.7 Å². The highest BCUT2D eigenvalue weighted by Gasteiger charge is 2.33. The summed E-state index contributed by atoms with van der Waals surface area (Å²) < 4.78 is 5.82. The van der Waals surface area contributed by atoms with Gasteiger partial charge in [-0.1, -0.05) is 48.5 Å². The standard InChI is InChI=1S/C21H23N3O3/c25-20-13-17(14-24(20)18-9-5-2-6-10-18)22-21(26)23-11-12-27-19(15-23)16-7-3-1-4-8-16/h1-10,17,19H,11-15H2,(H,22,26). The highest BCUT2D eigenvalue weighted by molar-refractivity contribution is 5.96. The summed E-state index contributed by atoms with van der Waals surface area (Å²) >= 11 is 0. The van der Waals surface area contributed by atoms with Crippen LogP contribution in [0.25, 0.3) is 0 Å². The van der Waals surface area contributed by atoms with E-state index in [1.165, 1.54) is 0 Å². The van der Waals surface area contributed by atoms with Gasteiger partial charge >= 0.3 is 6.03 Å². The van der Waals surface area contributed by atoms with Crippen LogP contribution >= 0.6 is 0 Å². The Labute approximate surface area is 158 Å². The number of amides is 3. The molecule has 1 N–H and O–H groups in total. The summed E-state index contributed by atoms with van der Waals surface area (Å²) in [5, 5.41) is 3.02. The lowest BCUT2D eigenvalue weighted by atomic mass is 10.1. The highest BCUT2D eigenvalue weighted by Crippen LogP contribution is 2.23. The molecule has 4 rings (SSSR count). The second kappa shape index (κ2) is 7.80. The van der Waals surface area contributed by atoms with Gasteiger partial charge in [0.1, 0.15) is 6.10 Å². The van der Waals surface area contributed by atoms with Crippen molar-refractivity contribution in [3.8, 4) is 0 Å². The van der Waals surface area contributed by atoms with Gasteiger partial charge in [0.15, 0.2) is 0 Å². The molecule has 2 aromatic carbocycles. The second-order valence-corrected chi connectivity index (χ2v) is 6.91. The lowest BCUT2D eigenvalue weighted by Gasteiger charge is -2.33. The normalized spacial score (nSPS) is 22.7. The van der Waals surface area contributed by atoms with Crippen LogP contribution in [-0.2, 0) is 9.53 Å². The largest absolute Gasteiger partial charge is 0.370 e. The zero-order valence-electron chi connectivity index (χ0n) is 15.1. The molecule has 2 saturated heterocycles. The van der Waals surface area contributed by atoms with Crippen LogP contribution in [0.4, 0.5) is 10.5 Å².